The van der Waals surface area contributed by atoms with Gasteiger partial charge in [-0.1, -0.05) is 17.7 Å². The molecule has 4 amide bonds. The summed E-state index contributed by atoms with van der Waals surface area (Å²) in [6.07, 6.45) is 0.386. The van der Waals surface area contributed by atoms with Crippen LogP contribution in [0.3, 0.4) is 0 Å². The lowest BCUT2D eigenvalue weighted by Crippen LogP contribution is -2.49. The second-order valence-electron chi connectivity index (χ2n) is 4.81. The van der Waals surface area contributed by atoms with E-state index in [1.54, 1.807) is 18.2 Å². The molecule has 3 rings (SSSR count). The molecule has 0 radical (unpaired) electrons. The highest BCUT2D eigenvalue weighted by atomic mass is 35.5. The van der Waals surface area contributed by atoms with Gasteiger partial charge in [0.15, 0.2) is 0 Å². The van der Waals surface area contributed by atoms with Crippen LogP contribution in [0.5, 0.6) is 0 Å². The van der Waals surface area contributed by atoms with Crippen LogP contribution < -0.4 is 10.6 Å². The molecule has 20 heavy (non-hydrogen) atoms. The number of carbonyl (C=O) groups is 3. The molecule has 1 spiro atoms. The smallest absolute Gasteiger partial charge is 0.322 e. The van der Waals surface area contributed by atoms with Crippen LogP contribution in [0.1, 0.15) is 16.9 Å². The van der Waals surface area contributed by atoms with E-state index in [4.69, 9.17) is 11.6 Å². The van der Waals surface area contributed by atoms with Crippen LogP contribution in [0.4, 0.5) is 4.79 Å². The Bertz CT molecular complexity index is 620. The molecular formula is C12H11ClN4O3. The largest absolute Gasteiger partial charge is 0.334 e. The predicted molar refractivity (Wildman–Crippen MR) is 69.2 cm³/mol. The molecule has 0 aromatic carbocycles. The predicted octanol–water partition coefficient (Wildman–Crippen LogP) is 0.159. The van der Waals surface area contributed by atoms with Crippen LogP contribution >= 0.6 is 11.6 Å². The number of aromatic nitrogens is 1. The molecule has 104 valence electrons. The molecule has 1 unspecified atom stereocenters. The number of carbonyl (C=O) groups excluding carboxylic acids is 3. The Morgan fingerprint density at radius 3 is 2.85 bits per heavy atom. The summed E-state index contributed by atoms with van der Waals surface area (Å²) < 4.78 is 0. The van der Waals surface area contributed by atoms with Gasteiger partial charge in [0.25, 0.3) is 11.8 Å². The quantitative estimate of drug-likeness (QED) is 0.570. The van der Waals surface area contributed by atoms with E-state index in [0.717, 1.165) is 0 Å². The van der Waals surface area contributed by atoms with Crippen molar-refractivity contribution in [3.05, 3.63) is 29.0 Å². The van der Waals surface area contributed by atoms with Crippen LogP contribution in [0, 0.1) is 0 Å². The Kier molecular flexibility index (Phi) is 2.86. The van der Waals surface area contributed by atoms with Crippen LogP contribution in [0.2, 0.25) is 5.15 Å². The molecule has 1 aromatic heterocycles. The maximum atomic E-state index is 12.3. The van der Waals surface area contributed by atoms with Crippen molar-refractivity contribution in [3.8, 4) is 0 Å². The van der Waals surface area contributed by atoms with Crippen molar-refractivity contribution < 1.29 is 14.4 Å². The normalized spacial score (nSPS) is 24.9. The first-order valence-electron chi connectivity index (χ1n) is 6.06. The van der Waals surface area contributed by atoms with E-state index in [0.29, 0.717) is 13.0 Å². The first kappa shape index (κ1) is 12.9. The minimum Gasteiger partial charge on any atom is -0.334 e. The van der Waals surface area contributed by atoms with E-state index < -0.39 is 17.5 Å². The third-order valence-electron chi connectivity index (χ3n) is 3.51. The average molecular weight is 295 g/mol. The van der Waals surface area contributed by atoms with Crippen molar-refractivity contribution in [2.45, 2.75) is 12.0 Å². The van der Waals surface area contributed by atoms with Crippen molar-refractivity contribution >= 4 is 29.4 Å². The Labute approximate surface area is 119 Å². The minimum atomic E-state index is -1.01. The highest BCUT2D eigenvalue weighted by molar-refractivity contribution is 6.29. The summed E-state index contributed by atoms with van der Waals surface area (Å²) in [4.78, 5) is 40.8. The second-order valence-corrected chi connectivity index (χ2v) is 5.20. The summed E-state index contributed by atoms with van der Waals surface area (Å²) in [5, 5.41) is 5.01. The molecule has 2 aliphatic heterocycles. The molecule has 2 saturated heterocycles. The summed E-state index contributed by atoms with van der Waals surface area (Å²) in [5.74, 6) is -0.699. The lowest BCUT2D eigenvalue weighted by molar-refractivity contribution is -0.123. The van der Waals surface area contributed by atoms with Crippen molar-refractivity contribution in [2.24, 2.45) is 0 Å². The van der Waals surface area contributed by atoms with Crippen LogP contribution in [0.15, 0.2) is 18.2 Å². The molecule has 3 heterocycles. The van der Waals surface area contributed by atoms with Gasteiger partial charge in [-0.3, -0.25) is 14.9 Å². The summed E-state index contributed by atoms with van der Waals surface area (Å²) in [6, 6.07) is 4.25. The van der Waals surface area contributed by atoms with Crippen molar-refractivity contribution in [1.29, 1.82) is 0 Å². The van der Waals surface area contributed by atoms with Gasteiger partial charge in [0, 0.05) is 6.54 Å². The average Bonchev–Trinajstić information content (AvgIpc) is 2.94. The van der Waals surface area contributed by atoms with Crippen LogP contribution in [-0.4, -0.2) is 46.4 Å². The number of hydrogen-bond donors (Lipinski definition) is 2. The third-order valence-corrected chi connectivity index (χ3v) is 3.72. The zero-order valence-electron chi connectivity index (χ0n) is 10.4. The van der Waals surface area contributed by atoms with Crippen LogP contribution in [-0.2, 0) is 4.79 Å². The van der Waals surface area contributed by atoms with Crippen molar-refractivity contribution in [3.63, 3.8) is 0 Å². The first-order valence-corrected chi connectivity index (χ1v) is 6.43. The molecule has 2 fully saturated rings. The number of nitrogens with zero attached hydrogens (tertiary/aromatic N) is 2. The topological polar surface area (TPSA) is 91.4 Å². The van der Waals surface area contributed by atoms with Gasteiger partial charge in [-0.05, 0) is 18.6 Å². The lowest BCUT2D eigenvalue weighted by atomic mass is 9.99. The summed E-state index contributed by atoms with van der Waals surface area (Å²) in [6.45, 7) is 0.512. The monoisotopic (exact) mass is 294 g/mol. The fourth-order valence-electron chi connectivity index (χ4n) is 2.49. The van der Waals surface area contributed by atoms with Gasteiger partial charge in [0.05, 0.1) is 6.54 Å². The van der Waals surface area contributed by atoms with E-state index in [2.05, 4.69) is 15.6 Å². The van der Waals surface area contributed by atoms with Gasteiger partial charge < -0.3 is 10.2 Å². The van der Waals surface area contributed by atoms with Crippen molar-refractivity contribution in [2.75, 3.05) is 13.1 Å². The van der Waals surface area contributed by atoms with E-state index in [-0.39, 0.29) is 23.3 Å². The molecule has 2 aliphatic rings. The van der Waals surface area contributed by atoms with Gasteiger partial charge in [0.2, 0.25) is 0 Å². The molecular weight excluding hydrogens is 284 g/mol. The number of urea groups is 1. The van der Waals surface area contributed by atoms with Gasteiger partial charge >= 0.3 is 6.03 Å². The molecule has 2 N–H and O–H groups in total. The zero-order chi connectivity index (χ0) is 14.3. The van der Waals surface area contributed by atoms with Crippen molar-refractivity contribution in [1.82, 2.24) is 20.5 Å². The van der Waals surface area contributed by atoms with Gasteiger partial charge in [-0.25, -0.2) is 9.78 Å². The molecule has 0 bridgehead atoms. The van der Waals surface area contributed by atoms with Gasteiger partial charge in [0.1, 0.15) is 16.4 Å². The third kappa shape index (κ3) is 2.00. The Hall–Kier alpha value is -2.15. The number of hydrogen-bond acceptors (Lipinski definition) is 4. The SMILES string of the molecule is O=C1NC(=O)C2(CCN(C(=O)c3cccc(Cl)n3)C2)N1. The highest BCUT2D eigenvalue weighted by Crippen LogP contribution is 2.25. The molecule has 8 heteroatoms. The Morgan fingerprint density at radius 1 is 1.40 bits per heavy atom. The molecule has 1 aromatic rings. The number of likely N-dealkylation sites (tertiary alicyclic amines) is 1. The molecule has 1 atom stereocenters. The molecule has 7 nitrogen and oxygen atoms in total. The van der Waals surface area contributed by atoms with E-state index in [9.17, 15) is 14.4 Å². The van der Waals surface area contributed by atoms with E-state index in [1.165, 1.54) is 4.90 Å². The standard InChI is InChI=1S/C12H11ClN4O3/c13-8-3-1-2-7(14-8)9(18)17-5-4-12(6-17)10(19)15-11(20)16-12/h1-3H,4-6H2,(H2,15,16,19,20). The maximum Gasteiger partial charge on any atom is 0.322 e. The summed E-state index contributed by atoms with van der Waals surface area (Å²) in [5.41, 5.74) is -0.787. The first-order chi connectivity index (χ1) is 9.50. The number of pyridine rings is 1. The number of rotatable bonds is 1. The van der Waals surface area contributed by atoms with Gasteiger partial charge in [-0.2, -0.15) is 0 Å². The fourth-order valence-corrected chi connectivity index (χ4v) is 2.65. The maximum absolute atomic E-state index is 12.3. The van der Waals surface area contributed by atoms with E-state index >= 15 is 0 Å². The fraction of sp³-hybridized carbons (Fsp3) is 0.333. The summed E-state index contributed by atoms with van der Waals surface area (Å²) in [7, 11) is 0. The molecule has 0 aliphatic carbocycles. The number of nitrogens with one attached hydrogen (secondary N) is 2. The number of halogens is 1. The lowest BCUT2D eigenvalue weighted by Gasteiger charge is -2.20. The number of amides is 4. The number of imide groups is 1. The van der Waals surface area contributed by atoms with Gasteiger partial charge in [-0.15, -0.1) is 0 Å². The molecule has 0 saturated carbocycles. The van der Waals surface area contributed by atoms with Crippen LogP contribution in [0.25, 0.3) is 0 Å². The summed E-state index contributed by atoms with van der Waals surface area (Å²) >= 11 is 5.76. The van der Waals surface area contributed by atoms with E-state index in [1.807, 2.05) is 0 Å². The second kappa shape index (κ2) is 4.45. The Balaban J connectivity index is 1.79. The Morgan fingerprint density at radius 2 is 2.20 bits per heavy atom. The minimum absolute atomic E-state index is 0.137. The zero-order valence-corrected chi connectivity index (χ0v) is 11.1. The highest BCUT2D eigenvalue weighted by Gasteiger charge is 2.51.